The Labute approximate surface area is 108 Å². The summed E-state index contributed by atoms with van der Waals surface area (Å²) in [5.74, 6) is 0.859. The molecule has 3 N–H and O–H groups in total. The number of nitrogens with two attached hydrogens (primary N) is 1. The third-order valence-corrected chi connectivity index (χ3v) is 2.59. The number of nitrogens with one attached hydrogen (secondary N) is 1. The molecule has 2 heterocycles. The molecular formula is C11H12BrN5. The van der Waals surface area contributed by atoms with Crippen molar-refractivity contribution in [3.05, 3.63) is 34.2 Å². The van der Waals surface area contributed by atoms with E-state index < -0.39 is 0 Å². The van der Waals surface area contributed by atoms with Crippen molar-refractivity contribution in [1.82, 2.24) is 15.0 Å². The second kappa shape index (κ2) is 4.67. The zero-order valence-corrected chi connectivity index (χ0v) is 11.1. The van der Waals surface area contributed by atoms with Crippen LogP contribution < -0.4 is 11.1 Å². The summed E-state index contributed by atoms with van der Waals surface area (Å²) in [7, 11) is 0. The number of hydrogen-bond donors (Lipinski definition) is 2. The molecule has 5 nitrogen and oxygen atoms in total. The third kappa shape index (κ3) is 2.91. The molecule has 0 radical (unpaired) electrons. The van der Waals surface area contributed by atoms with Crippen LogP contribution in [0, 0.1) is 13.8 Å². The van der Waals surface area contributed by atoms with E-state index in [4.69, 9.17) is 5.73 Å². The minimum absolute atomic E-state index is 0.409. The quantitative estimate of drug-likeness (QED) is 0.832. The number of hydrogen-bond acceptors (Lipinski definition) is 5. The fourth-order valence-corrected chi connectivity index (χ4v) is 1.83. The molecule has 2 aromatic heterocycles. The van der Waals surface area contributed by atoms with E-state index in [1.165, 1.54) is 0 Å². The van der Waals surface area contributed by atoms with Crippen LogP contribution in [-0.2, 0) is 0 Å². The Balaban J connectivity index is 2.31. The molecule has 0 bridgehead atoms. The van der Waals surface area contributed by atoms with Crippen molar-refractivity contribution < 1.29 is 0 Å². The highest BCUT2D eigenvalue weighted by Gasteiger charge is 2.04. The average Bonchev–Trinajstić information content (AvgIpc) is 2.21. The number of anilines is 3. The first-order valence-corrected chi connectivity index (χ1v) is 5.85. The molecule has 0 saturated heterocycles. The number of rotatable bonds is 2. The number of aryl methyl sites for hydroxylation is 2. The zero-order valence-electron chi connectivity index (χ0n) is 9.53. The lowest BCUT2D eigenvalue weighted by Gasteiger charge is -2.08. The van der Waals surface area contributed by atoms with E-state index in [1.54, 1.807) is 6.07 Å². The van der Waals surface area contributed by atoms with Gasteiger partial charge in [-0.2, -0.15) is 4.98 Å². The van der Waals surface area contributed by atoms with E-state index in [0.717, 1.165) is 17.1 Å². The Kier molecular flexibility index (Phi) is 3.23. The molecule has 0 aliphatic rings. The second-order valence-corrected chi connectivity index (χ2v) is 4.46. The van der Waals surface area contributed by atoms with Crippen LogP contribution >= 0.6 is 15.9 Å². The number of aromatic nitrogens is 3. The second-order valence-electron chi connectivity index (χ2n) is 3.65. The molecule has 0 atom stereocenters. The first-order chi connectivity index (χ1) is 8.04. The SMILES string of the molecule is Cc1ccc(Nc2nc(N)cc(Br)n2)c(C)n1. The Morgan fingerprint density at radius 1 is 1.18 bits per heavy atom. The highest BCUT2D eigenvalue weighted by Crippen LogP contribution is 2.19. The van der Waals surface area contributed by atoms with Crippen LogP contribution in [0.4, 0.5) is 17.5 Å². The Hall–Kier alpha value is -1.69. The molecule has 0 spiro atoms. The first-order valence-electron chi connectivity index (χ1n) is 5.06. The number of pyridine rings is 1. The lowest BCUT2D eigenvalue weighted by Crippen LogP contribution is -2.02. The summed E-state index contributed by atoms with van der Waals surface area (Å²) in [4.78, 5) is 12.6. The van der Waals surface area contributed by atoms with E-state index >= 15 is 0 Å². The van der Waals surface area contributed by atoms with Crippen LogP contribution in [0.25, 0.3) is 0 Å². The van der Waals surface area contributed by atoms with Crippen LogP contribution in [0.2, 0.25) is 0 Å². The minimum atomic E-state index is 0.409. The molecular weight excluding hydrogens is 282 g/mol. The monoisotopic (exact) mass is 293 g/mol. The summed E-state index contributed by atoms with van der Waals surface area (Å²) < 4.78 is 0.644. The van der Waals surface area contributed by atoms with Gasteiger partial charge in [0.15, 0.2) is 0 Å². The Morgan fingerprint density at radius 3 is 2.59 bits per heavy atom. The maximum Gasteiger partial charge on any atom is 0.230 e. The Bertz CT molecular complexity index is 535. The minimum Gasteiger partial charge on any atom is -0.383 e. The van der Waals surface area contributed by atoms with E-state index in [2.05, 4.69) is 36.2 Å². The van der Waals surface area contributed by atoms with Crippen molar-refractivity contribution in [2.24, 2.45) is 0 Å². The van der Waals surface area contributed by atoms with Gasteiger partial charge in [-0.05, 0) is 41.9 Å². The summed E-state index contributed by atoms with van der Waals surface area (Å²) in [5.41, 5.74) is 8.38. The van der Waals surface area contributed by atoms with Crippen LogP contribution in [0.3, 0.4) is 0 Å². The molecule has 17 heavy (non-hydrogen) atoms. The highest BCUT2D eigenvalue weighted by molar-refractivity contribution is 9.10. The third-order valence-electron chi connectivity index (χ3n) is 2.19. The molecule has 0 fully saturated rings. The normalized spacial score (nSPS) is 10.3. The van der Waals surface area contributed by atoms with E-state index in [0.29, 0.717) is 16.4 Å². The van der Waals surface area contributed by atoms with Gasteiger partial charge in [-0.1, -0.05) is 0 Å². The molecule has 0 aliphatic heterocycles. The zero-order chi connectivity index (χ0) is 12.4. The number of halogens is 1. The molecule has 2 rings (SSSR count). The van der Waals surface area contributed by atoms with Gasteiger partial charge in [-0.3, -0.25) is 4.98 Å². The van der Waals surface area contributed by atoms with E-state index in [9.17, 15) is 0 Å². The molecule has 6 heteroatoms. The largest absolute Gasteiger partial charge is 0.383 e. The van der Waals surface area contributed by atoms with Gasteiger partial charge in [-0.25, -0.2) is 4.98 Å². The van der Waals surface area contributed by atoms with Gasteiger partial charge in [-0.15, -0.1) is 0 Å². The molecule has 0 saturated carbocycles. The van der Waals surface area contributed by atoms with Gasteiger partial charge in [0.1, 0.15) is 10.4 Å². The summed E-state index contributed by atoms with van der Waals surface area (Å²) in [6, 6.07) is 5.51. The van der Waals surface area contributed by atoms with Crippen molar-refractivity contribution in [2.75, 3.05) is 11.1 Å². The molecule has 0 aromatic carbocycles. The average molecular weight is 294 g/mol. The van der Waals surface area contributed by atoms with Crippen molar-refractivity contribution in [1.29, 1.82) is 0 Å². The van der Waals surface area contributed by atoms with Crippen molar-refractivity contribution >= 4 is 33.4 Å². The molecule has 88 valence electrons. The van der Waals surface area contributed by atoms with Gasteiger partial charge in [0.2, 0.25) is 5.95 Å². The molecule has 0 aliphatic carbocycles. The van der Waals surface area contributed by atoms with Crippen molar-refractivity contribution in [3.8, 4) is 0 Å². The summed E-state index contributed by atoms with van der Waals surface area (Å²) in [6.07, 6.45) is 0. The maximum atomic E-state index is 5.64. The predicted molar refractivity (Wildman–Crippen MR) is 71.1 cm³/mol. The Morgan fingerprint density at radius 2 is 1.94 bits per heavy atom. The van der Waals surface area contributed by atoms with E-state index in [-0.39, 0.29) is 0 Å². The molecule has 2 aromatic rings. The van der Waals surface area contributed by atoms with Gasteiger partial charge in [0.25, 0.3) is 0 Å². The van der Waals surface area contributed by atoms with Crippen molar-refractivity contribution in [3.63, 3.8) is 0 Å². The van der Waals surface area contributed by atoms with Crippen LogP contribution in [-0.4, -0.2) is 15.0 Å². The van der Waals surface area contributed by atoms with Gasteiger partial charge < -0.3 is 11.1 Å². The fourth-order valence-electron chi connectivity index (χ4n) is 1.43. The van der Waals surface area contributed by atoms with Gasteiger partial charge >= 0.3 is 0 Å². The fraction of sp³-hybridized carbons (Fsp3) is 0.182. The van der Waals surface area contributed by atoms with Gasteiger partial charge in [0, 0.05) is 11.8 Å². The smallest absolute Gasteiger partial charge is 0.230 e. The van der Waals surface area contributed by atoms with Crippen molar-refractivity contribution in [2.45, 2.75) is 13.8 Å². The first kappa shape index (κ1) is 11.8. The van der Waals surface area contributed by atoms with E-state index in [1.807, 2.05) is 26.0 Å². The highest BCUT2D eigenvalue weighted by atomic mass is 79.9. The van der Waals surface area contributed by atoms with Crippen LogP contribution in [0.5, 0.6) is 0 Å². The maximum absolute atomic E-state index is 5.64. The lowest BCUT2D eigenvalue weighted by molar-refractivity contribution is 1.10. The van der Waals surface area contributed by atoms with Crippen LogP contribution in [0.15, 0.2) is 22.8 Å². The molecule has 0 amide bonds. The number of nitrogen functional groups attached to an aromatic ring is 1. The molecule has 0 unspecified atom stereocenters. The number of nitrogens with zero attached hydrogens (tertiary/aromatic N) is 3. The topological polar surface area (TPSA) is 76.7 Å². The van der Waals surface area contributed by atoms with Gasteiger partial charge in [0.05, 0.1) is 11.4 Å². The summed E-state index contributed by atoms with van der Waals surface area (Å²) in [6.45, 7) is 3.88. The standard InChI is InChI=1S/C11H12BrN5/c1-6-3-4-8(7(2)14-6)15-11-16-9(12)5-10(13)17-11/h3-5H,1-2H3,(H3,13,15,16,17). The van der Waals surface area contributed by atoms with Crippen LogP contribution in [0.1, 0.15) is 11.4 Å². The summed E-state index contributed by atoms with van der Waals surface area (Å²) >= 11 is 3.27. The summed E-state index contributed by atoms with van der Waals surface area (Å²) in [5, 5.41) is 3.09. The predicted octanol–water partition coefficient (Wildman–Crippen LogP) is 2.58. The lowest BCUT2D eigenvalue weighted by atomic mass is 10.3.